The number of hydrogen-bond acceptors (Lipinski definition) is 1. The third kappa shape index (κ3) is 1.98. The van der Waals surface area contributed by atoms with E-state index < -0.39 is 0 Å². The summed E-state index contributed by atoms with van der Waals surface area (Å²) in [6.07, 6.45) is 2.59. The van der Waals surface area contributed by atoms with E-state index in [9.17, 15) is 0 Å². The molecule has 0 radical (unpaired) electrons. The first-order valence-corrected chi connectivity index (χ1v) is 5.55. The highest BCUT2D eigenvalue weighted by molar-refractivity contribution is 5.32. The van der Waals surface area contributed by atoms with Crippen LogP contribution in [0.1, 0.15) is 35.4 Å². The van der Waals surface area contributed by atoms with E-state index in [4.69, 9.17) is 0 Å². The van der Waals surface area contributed by atoms with Gasteiger partial charge in [-0.15, -0.1) is 0 Å². The van der Waals surface area contributed by atoms with Gasteiger partial charge in [0, 0.05) is 0 Å². The summed E-state index contributed by atoms with van der Waals surface area (Å²) in [5, 5.41) is 3.41. The molecule has 1 aromatic carbocycles. The van der Waals surface area contributed by atoms with Gasteiger partial charge in [0.1, 0.15) is 0 Å². The van der Waals surface area contributed by atoms with E-state index in [-0.39, 0.29) is 0 Å². The largest absolute Gasteiger partial charge is 0.317 e. The highest BCUT2D eigenvalue weighted by Gasteiger charge is 2.14. The lowest BCUT2D eigenvalue weighted by molar-refractivity contribution is 0.460. The van der Waals surface area contributed by atoms with Gasteiger partial charge in [-0.3, -0.25) is 0 Å². The monoisotopic (exact) mass is 189 g/mol. The molecule has 2 rings (SSSR count). The first-order chi connectivity index (χ1) is 6.77. The molecule has 1 aliphatic rings. The van der Waals surface area contributed by atoms with Crippen LogP contribution >= 0.6 is 0 Å². The molecule has 1 nitrogen and oxygen atoms in total. The van der Waals surface area contributed by atoms with Gasteiger partial charge in [-0.1, -0.05) is 18.2 Å². The van der Waals surface area contributed by atoms with E-state index in [1.54, 1.807) is 0 Å². The van der Waals surface area contributed by atoms with Crippen molar-refractivity contribution in [1.82, 2.24) is 5.32 Å². The molecule has 1 heteroatoms. The number of hydrogen-bond donors (Lipinski definition) is 1. The molecular weight excluding hydrogens is 170 g/mol. The summed E-state index contributed by atoms with van der Waals surface area (Å²) in [7, 11) is 0. The summed E-state index contributed by atoms with van der Waals surface area (Å²) in [4.78, 5) is 0. The number of piperidine rings is 1. The second-order valence-electron chi connectivity index (χ2n) is 4.37. The van der Waals surface area contributed by atoms with Crippen molar-refractivity contribution in [1.29, 1.82) is 0 Å². The molecule has 0 aliphatic carbocycles. The summed E-state index contributed by atoms with van der Waals surface area (Å²) in [5.41, 5.74) is 4.37. The van der Waals surface area contributed by atoms with Gasteiger partial charge in [-0.25, -0.2) is 0 Å². The predicted octanol–water partition coefficient (Wildman–Crippen LogP) is 2.77. The van der Waals surface area contributed by atoms with Crippen LogP contribution in [0.2, 0.25) is 0 Å². The van der Waals surface area contributed by atoms with Crippen LogP contribution in [-0.2, 0) is 0 Å². The third-order valence-corrected chi connectivity index (χ3v) is 3.34. The molecule has 0 atom stereocenters. The molecule has 1 fully saturated rings. The van der Waals surface area contributed by atoms with E-state index in [1.807, 2.05) is 0 Å². The maximum atomic E-state index is 3.41. The summed E-state index contributed by atoms with van der Waals surface area (Å²) in [5.74, 6) is 0.788. The van der Waals surface area contributed by atoms with Gasteiger partial charge < -0.3 is 5.32 Å². The highest BCUT2D eigenvalue weighted by Crippen LogP contribution is 2.26. The molecular formula is C13H19N. The molecule has 0 spiro atoms. The van der Waals surface area contributed by atoms with Crippen molar-refractivity contribution in [3.05, 3.63) is 34.9 Å². The molecule has 1 saturated heterocycles. The van der Waals surface area contributed by atoms with E-state index in [0.29, 0.717) is 0 Å². The fourth-order valence-corrected chi connectivity index (χ4v) is 2.17. The fraction of sp³-hybridized carbons (Fsp3) is 0.538. The van der Waals surface area contributed by atoms with E-state index in [1.165, 1.54) is 42.6 Å². The maximum absolute atomic E-state index is 3.41. The smallest absolute Gasteiger partial charge is 0.00431 e. The van der Waals surface area contributed by atoms with E-state index >= 15 is 0 Å². The van der Waals surface area contributed by atoms with Crippen LogP contribution in [0.4, 0.5) is 0 Å². The topological polar surface area (TPSA) is 12.0 Å². The van der Waals surface area contributed by atoms with Crippen LogP contribution in [0.3, 0.4) is 0 Å². The van der Waals surface area contributed by atoms with E-state index in [0.717, 1.165) is 5.92 Å². The normalized spacial score (nSPS) is 18.4. The van der Waals surface area contributed by atoms with Gasteiger partial charge in [-0.05, 0) is 62.4 Å². The zero-order chi connectivity index (χ0) is 9.97. The van der Waals surface area contributed by atoms with Crippen molar-refractivity contribution in [3.63, 3.8) is 0 Å². The van der Waals surface area contributed by atoms with Crippen molar-refractivity contribution >= 4 is 0 Å². The molecule has 0 aromatic heterocycles. The first kappa shape index (κ1) is 9.72. The van der Waals surface area contributed by atoms with Crippen molar-refractivity contribution in [2.75, 3.05) is 13.1 Å². The molecule has 1 aliphatic heterocycles. The Hall–Kier alpha value is -0.820. The zero-order valence-electron chi connectivity index (χ0n) is 9.14. The zero-order valence-corrected chi connectivity index (χ0v) is 9.14. The maximum Gasteiger partial charge on any atom is -0.00431 e. The second-order valence-corrected chi connectivity index (χ2v) is 4.37. The molecule has 0 saturated carbocycles. The Balaban J connectivity index is 2.18. The number of benzene rings is 1. The molecule has 0 bridgehead atoms. The van der Waals surface area contributed by atoms with Crippen LogP contribution in [0, 0.1) is 13.8 Å². The van der Waals surface area contributed by atoms with Crippen LogP contribution in [0.25, 0.3) is 0 Å². The van der Waals surface area contributed by atoms with Crippen molar-refractivity contribution in [3.8, 4) is 0 Å². The number of aryl methyl sites for hydroxylation is 2. The third-order valence-electron chi connectivity index (χ3n) is 3.34. The van der Waals surface area contributed by atoms with Gasteiger partial charge in [-0.2, -0.15) is 0 Å². The molecule has 76 valence electrons. The number of rotatable bonds is 1. The Morgan fingerprint density at radius 3 is 2.43 bits per heavy atom. The number of nitrogens with one attached hydrogen (secondary N) is 1. The standard InChI is InChI=1S/C13H19N/c1-10-3-4-13(9-11(10)2)12-5-7-14-8-6-12/h3-4,9,12,14H,5-8H2,1-2H3. The van der Waals surface area contributed by atoms with Crippen LogP contribution in [-0.4, -0.2) is 13.1 Å². The molecule has 14 heavy (non-hydrogen) atoms. The van der Waals surface area contributed by atoms with Gasteiger partial charge >= 0.3 is 0 Å². The minimum absolute atomic E-state index is 0.788. The lowest BCUT2D eigenvalue weighted by Crippen LogP contribution is -2.26. The Morgan fingerprint density at radius 2 is 1.79 bits per heavy atom. The molecule has 1 aromatic rings. The summed E-state index contributed by atoms with van der Waals surface area (Å²) < 4.78 is 0. The minimum Gasteiger partial charge on any atom is -0.317 e. The van der Waals surface area contributed by atoms with Crippen molar-refractivity contribution in [2.24, 2.45) is 0 Å². The van der Waals surface area contributed by atoms with Gasteiger partial charge in [0.15, 0.2) is 0 Å². The average Bonchev–Trinajstić information content (AvgIpc) is 2.23. The summed E-state index contributed by atoms with van der Waals surface area (Å²) in [6.45, 7) is 6.75. The quantitative estimate of drug-likeness (QED) is 0.716. The minimum atomic E-state index is 0.788. The Kier molecular flexibility index (Phi) is 2.87. The van der Waals surface area contributed by atoms with Crippen LogP contribution in [0.15, 0.2) is 18.2 Å². The average molecular weight is 189 g/mol. The summed E-state index contributed by atoms with van der Waals surface area (Å²) in [6, 6.07) is 6.93. The molecule has 0 amide bonds. The Bertz CT molecular complexity index is 311. The van der Waals surface area contributed by atoms with Crippen LogP contribution < -0.4 is 5.32 Å². The highest BCUT2D eigenvalue weighted by atomic mass is 14.9. The second kappa shape index (κ2) is 4.14. The van der Waals surface area contributed by atoms with Crippen molar-refractivity contribution < 1.29 is 0 Å². The Labute approximate surface area is 86.5 Å². The SMILES string of the molecule is Cc1ccc(C2CCNCC2)cc1C. The molecule has 1 heterocycles. The van der Waals surface area contributed by atoms with E-state index in [2.05, 4.69) is 37.4 Å². The van der Waals surface area contributed by atoms with Gasteiger partial charge in [0.2, 0.25) is 0 Å². The van der Waals surface area contributed by atoms with Gasteiger partial charge in [0.25, 0.3) is 0 Å². The lowest BCUT2D eigenvalue weighted by atomic mass is 9.89. The van der Waals surface area contributed by atoms with Crippen LogP contribution in [0.5, 0.6) is 0 Å². The molecule has 0 unspecified atom stereocenters. The molecule has 1 N–H and O–H groups in total. The lowest BCUT2D eigenvalue weighted by Gasteiger charge is -2.23. The first-order valence-electron chi connectivity index (χ1n) is 5.55. The van der Waals surface area contributed by atoms with Crippen molar-refractivity contribution in [2.45, 2.75) is 32.6 Å². The predicted molar refractivity (Wildman–Crippen MR) is 60.8 cm³/mol. The Morgan fingerprint density at radius 1 is 1.07 bits per heavy atom. The fourth-order valence-electron chi connectivity index (χ4n) is 2.17. The summed E-state index contributed by atoms with van der Waals surface area (Å²) >= 11 is 0. The van der Waals surface area contributed by atoms with Gasteiger partial charge in [0.05, 0.1) is 0 Å².